The molecule has 19 heavy (non-hydrogen) atoms. The summed E-state index contributed by atoms with van der Waals surface area (Å²) in [6.07, 6.45) is -1.68. The van der Waals surface area contributed by atoms with Crippen LogP contribution in [0.1, 0.15) is 27.3 Å². The van der Waals surface area contributed by atoms with E-state index in [1.807, 2.05) is 0 Å². The second kappa shape index (κ2) is 4.79. The molecule has 0 fully saturated rings. The third kappa shape index (κ3) is 2.96. The standard InChI is InChI=1S/C13H9F3N2O/c1-8-6-18-11(7-17-8)12(19)9-2-4-10(5-3-9)13(14,15)16/h2-7H,1H3. The number of halogens is 3. The lowest BCUT2D eigenvalue weighted by atomic mass is 10.1. The second-order valence-electron chi connectivity index (χ2n) is 3.95. The highest BCUT2D eigenvalue weighted by atomic mass is 19.4. The summed E-state index contributed by atoms with van der Waals surface area (Å²) in [7, 11) is 0. The van der Waals surface area contributed by atoms with E-state index in [0.717, 1.165) is 24.3 Å². The number of ketones is 1. The Morgan fingerprint density at radius 3 is 2.16 bits per heavy atom. The Hall–Kier alpha value is -2.24. The number of benzene rings is 1. The van der Waals surface area contributed by atoms with Crippen LogP contribution in [-0.4, -0.2) is 15.8 Å². The highest BCUT2D eigenvalue weighted by Crippen LogP contribution is 2.29. The number of aromatic nitrogens is 2. The van der Waals surface area contributed by atoms with E-state index in [1.54, 1.807) is 6.92 Å². The summed E-state index contributed by atoms with van der Waals surface area (Å²) < 4.78 is 37.1. The van der Waals surface area contributed by atoms with Crippen LogP contribution < -0.4 is 0 Å². The summed E-state index contributed by atoms with van der Waals surface area (Å²) in [6.45, 7) is 1.72. The molecule has 0 aliphatic rings. The molecule has 6 heteroatoms. The topological polar surface area (TPSA) is 42.9 Å². The zero-order chi connectivity index (χ0) is 14.0. The molecule has 0 amide bonds. The molecule has 1 aromatic heterocycles. The summed E-state index contributed by atoms with van der Waals surface area (Å²) in [6, 6.07) is 4.00. The minimum atomic E-state index is -4.41. The van der Waals surface area contributed by atoms with E-state index >= 15 is 0 Å². The zero-order valence-electron chi connectivity index (χ0n) is 9.90. The van der Waals surface area contributed by atoms with Crippen LogP contribution in [0.25, 0.3) is 0 Å². The SMILES string of the molecule is Cc1cnc(C(=O)c2ccc(C(F)(F)F)cc2)cn1. The van der Waals surface area contributed by atoms with Crippen molar-refractivity contribution in [3.05, 3.63) is 59.2 Å². The summed E-state index contributed by atoms with van der Waals surface area (Å²) >= 11 is 0. The number of hydrogen-bond acceptors (Lipinski definition) is 3. The first-order valence-electron chi connectivity index (χ1n) is 5.38. The van der Waals surface area contributed by atoms with Crippen molar-refractivity contribution in [2.45, 2.75) is 13.1 Å². The van der Waals surface area contributed by atoms with Gasteiger partial charge in [-0.05, 0) is 19.1 Å². The maximum atomic E-state index is 12.4. The van der Waals surface area contributed by atoms with Crippen molar-refractivity contribution in [2.24, 2.45) is 0 Å². The van der Waals surface area contributed by atoms with Crippen molar-refractivity contribution < 1.29 is 18.0 Å². The van der Waals surface area contributed by atoms with Gasteiger partial charge in [-0.3, -0.25) is 9.78 Å². The molecule has 0 spiro atoms. The molecular formula is C13H9F3N2O. The molecule has 2 rings (SSSR count). The van der Waals surface area contributed by atoms with Crippen molar-refractivity contribution >= 4 is 5.78 Å². The minimum Gasteiger partial charge on any atom is -0.287 e. The van der Waals surface area contributed by atoms with Crippen molar-refractivity contribution in [2.75, 3.05) is 0 Å². The predicted octanol–water partition coefficient (Wildman–Crippen LogP) is 3.03. The molecule has 2 aromatic rings. The second-order valence-corrected chi connectivity index (χ2v) is 3.95. The Kier molecular flexibility index (Phi) is 3.33. The number of rotatable bonds is 2. The van der Waals surface area contributed by atoms with Crippen LogP contribution in [0.3, 0.4) is 0 Å². The third-order valence-corrected chi connectivity index (χ3v) is 2.49. The summed E-state index contributed by atoms with van der Waals surface area (Å²) in [5.74, 6) is -0.457. The van der Waals surface area contributed by atoms with Gasteiger partial charge in [-0.2, -0.15) is 13.2 Å². The molecule has 1 aromatic carbocycles. The number of hydrogen-bond donors (Lipinski definition) is 0. The van der Waals surface area contributed by atoms with Gasteiger partial charge in [-0.15, -0.1) is 0 Å². The first-order valence-corrected chi connectivity index (χ1v) is 5.38. The van der Waals surface area contributed by atoms with Crippen LogP contribution in [-0.2, 0) is 6.18 Å². The predicted molar refractivity (Wildman–Crippen MR) is 61.6 cm³/mol. The van der Waals surface area contributed by atoms with Gasteiger partial charge in [-0.25, -0.2) is 4.98 Å². The Labute approximate surface area is 107 Å². The Morgan fingerprint density at radius 1 is 1.05 bits per heavy atom. The van der Waals surface area contributed by atoms with Crippen LogP contribution in [0.4, 0.5) is 13.2 Å². The largest absolute Gasteiger partial charge is 0.416 e. The van der Waals surface area contributed by atoms with Gasteiger partial charge in [-0.1, -0.05) is 12.1 Å². The van der Waals surface area contributed by atoms with E-state index in [0.29, 0.717) is 5.69 Å². The monoisotopic (exact) mass is 266 g/mol. The fourth-order valence-corrected chi connectivity index (χ4v) is 1.47. The average Bonchev–Trinajstić information content (AvgIpc) is 2.38. The molecule has 1 heterocycles. The number of carbonyl (C=O) groups is 1. The van der Waals surface area contributed by atoms with E-state index < -0.39 is 17.5 Å². The molecule has 0 saturated heterocycles. The Balaban J connectivity index is 2.27. The van der Waals surface area contributed by atoms with Crippen molar-refractivity contribution in [3.63, 3.8) is 0 Å². The number of nitrogens with zero attached hydrogens (tertiary/aromatic N) is 2. The van der Waals surface area contributed by atoms with E-state index in [1.165, 1.54) is 12.4 Å². The minimum absolute atomic E-state index is 0.102. The highest BCUT2D eigenvalue weighted by molar-refractivity contribution is 6.07. The summed E-state index contributed by atoms with van der Waals surface area (Å²) in [5, 5.41) is 0. The van der Waals surface area contributed by atoms with E-state index in [-0.39, 0.29) is 11.3 Å². The third-order valence-electron chi connectivity index (χ3n) is 2.49. The molecule has 0 unspecified atom stereocenters. The first kappa shape index (κ1) is 13.2. The van der Waals surface area contributed by atoms with Crippen LogP contribution in [0, 0.1) is 6.92 Å². The van der Waals surface area contributed by atoms with Gasteiger partial charge >= 0.3 is 6.18 Å². The average molecular weight is 266 g/mol. The van der Waals surface area contributed by atoms with Gasteiger partial charge in [0, 0.05) is 11.8 Å². The lowest BCUT2D eigenvalue weighted by molar-refractivity contribution is -0.137. The van der Waals surface area contributed by atoms with E-state index in [9.17, 15) is 18.0 Å². The van der Waals surface area contributed by atoms with Crippen molar-refractivity contribution in [3.8, 4) is 0 Å². The summed E-state index contributed by atoms with van der Waals surface area (Å²) in [4.78, 5) is 19.7. The fourth-order valence-electron chi connectivity index (χ4n) is 1.47. The maximum absolute atomic E-state index is 12.4. The van der Waals surface area contributed by atoms with Crippen LogP contribution in [0.2, 0.25) is 0 Å². The molecule has 0 radical (unpaired) electrons. The molecule has 3 nitrogen and oxygen atoms in total. The Bertz CT molecular complexity index is 589. The highest BCUT2D eigenvalue weighted by Gasteiger charge is 2.30. The smallest absolute Gasteiger partial charge is 0.287 e. The maximum Gasteiger partial charge on any atom is 0.416 e. The van der Waals surface area contributed by atoms with Gasteiger partial charge < -0.3 is 0 Å². The number of alkyl halides is 3. The normalized spacial score (nSPS) is 11.4. The summed E-state index contributed by atoms with van der Waals surface area (Å²) in [5.41, 5.74) is 0.111. The Morgan fingerprint density at radius 2 is 1.68 bits per heavy atom. The van der Waals surface area contributed by atoms with E-state index in [2.05, 4.69) is 9.97 Å². The lowest BCUT2D eigenvalue weighted by Crippen LogP contribution is -2.08. The van der Waals surface area contributed by atoms with Gasteiger partial charge in [0.05, 0.1) is 17.5 Å². The zero-order valence-corrected chi connectivity index (χ0v) is 9.90. The lowest BCUT2D eigenvalue weighted by Gasteiger charge is -2.07. The molecule has 0 N–H and O–H groups in total. The molecule has 0 atom stereocenters. The number of aryl methyl sites for hydroxylation is 1. The van der Waals surface area contributed by atoms with Gasteiger partial charge in [0.2, 0.25) is 5.78 Å². The quantitative estimate of drug-likeness (QED) is 0.785. The first-order chi connectivity index (χ1) is 8.88. The molecular weight excluding hydrogens is 257 g/mol. The van der Waals surface area contributed by atoms with Crippen LogP contribution in [0.15, 0.2) is 36.7 Å². The number of carbonyl (C=O) groups excluding carboxylic acids is 1. The van der Waals surface area contributed by atoms with E-state index in [4.69, 9.17) is 0 Å². The van der Waals surface area contributed by atoms with Gasteiger partial charge in [0.1, 0.15) is 5.69 Å². The van der Waals surface area contributed by atoms with Gasteiger partial charge in [0.15, 0.2) is 0 Å². The fraction of sp³-hybridized carbons (Fsp3) is 0.154. The van der Waals surface area contributed by atoms with Crippen molar-refractivity contribution in [1.29, 1.82) is 0 Å². The van der Waals surface area contributed by atoms with Crippen LogP contribution in [0.5, 0.6) is 0 Å². The molecule has 0 aliphatic heterocycles. The molecule has 98 valence electrons. The molecule has 0 aliphatic carbocycles. The van der Waals surface area contributed by atoms with Crippen LogP contribution >= 0.6 is 0 Å². The molecule has 0 bridgehead atoms. The molecule has 0 saturated carbocycles. The van der Waals surface area contributed by atoms with Crippen molar-refractivity contribution in [1.82, 2.24) is 9.97 Å². The van der Waals surface area contributed by atoms with Gasteiger partial charge in [0.25, 0.3) is 0 Å².